The van der Waals surface area contributed by atoms with Gasteiger partial charge in [-0.15, -0.1) is 0 Å². The van der Waals surface area contributed by atoms with Gasteiger partial charge in [0.2, 0.25) is 5.89 Å². The van der Waals surface area contributed by atoms with E-state index < -0.39 is 0 Å². The van der Waals surface area contributed by atoms with Crippen molar-refractivity contribution in [1.29, 1.82) is 0 Å². The summed E-state index contributed by atoms with van der Waals surface area (Å²) < 4.78 is 5.14. The second kappa shape index (κ2) is 10.3. The van der Waals surface area contributed by atoms with Crippen LogP contribution in [0.15, 0.2) is 4.52 Å². The number of hydrogen-bond donors (Lipinski definition) is 1. The molecule has 1 aromatic rings. The van der Waals surface area contributed by atoms with Crippen LogP contribution < -0.4 is 5.32 Å². The van der Waals surface area contributed by atoms with Gasteiger partial charge in [0.05, 0.1) is 0 Å². The third-order valence-corrected chi connectivity index (χ3v) is 1.71. The molecule has 0 saturated heterocycles. The first-order chi connectivity index (χ1) is 8.04. The SMILES string of the molecule is CC.CC.CNCCc1noc(C(C)(C)C)n1. The minimum atomic E-state index is -0.0507. The molecule has 0 radical (unpaired) electrons. The lowest BCUT2D eigenvalue weighted by Gasteiger charge is -2.10. The van der Waals surface area contributed by atoms with Crippen molar-refractivity contribution in [1.82, 2.24) is 15.5 Å². The van der Waals surface area contributed by atoms with E-state index in [1.165, 1.54) is 0 Å². The summed E-state index contributed by atoms with van der Waals surface area (Å²) in [5.74, 6) is 1.48. The van der Waals surface area contributed by atoms with Gasteiger partial charge in [0, 0.05) is 18.4 Å². The van der Waals surface area contributed by atoms with Crippen LogP contribution in [0.4, 0.5) is 0 Å². The Morgan fingerprint density at radius 3 is 2.00 bits per heavy atom. The summed E-state index contributed by atoms with van der Waals surface area (Å²) in [5.41, 5.74) is -0.0507. The molecule has 0 amide bonds. The van der Waals surface area contributed by atoms with Crippen LogP contribution in [0.5, 0.6) is 0 Å². The topological polar surface area (TPSA) is 51.0 Å². The summed E-state index contributed by atoms with van der Waals surface area (Å²) in [4.78, 5) is 4.30. The lowest BCUT2D eigenvalue weighted by atomic mass is 9.97. The molecule has 0 unspecified atom stereocenters. The van der Waals surface area contributed by atoms with Crippen molar-refractivity contribution in [3.8, 4) is 0 Å². The summed E-state index contributed by atoms with van der Waals surface area (Å²) in [6.45, 7) is 15.1. The largest absolute Gasteiger partial charge is 0.339 e. The number of aromatic nitrogens is 2. The average Bonchev–Trinajstić information content (AvgIpc) is 2.80. The number of likely N-dealkylation sites (N-methyl/N-ethyl adjacent to an activating group) is 1. The summed E-state index contributed by atoms with van der Waals surface area (Å²) in [7, 11) is 1.91. The van der Waals surface area contributed by atoms with Gasteiger partial charge in [-0.25, -0.2) is 0 Å². The van der Waals surface area contributed by atoms with Crippen LogP contribution in [0.25, 0.3) is 0 Å². The van der Waals surface area contributed by atoms with Crippen molar-refractivity contribution in [3.05, 3.63) is 11.7 Å². The molecule has 0 aliphatic carbocycles. The van der Waals surface area contributed by atoms with Crippen LogP contribution in [0, 0.1) is 0 Å². The van der Waals surface area contributed by atoms with E-state index in [0.717, 1.165) is 18.8 Å². The van der Waals surface area contributed by atoms with E-state index in [-0.39, 0.29) is 5.41 Å². The molecule has 1 heterocycles. The molecule has 0 fully saturated rings. The van der Waals surface area contributed by atoms with Crippen molar-refractivity contribution in [2.24, 2.45) is 0 Å². The normalized spacial score (nSPS) is 9.88. The van der Waals surface area contributed by atoms with Crippen molar-refractivity contribution in [3.63, 3.8) is 0 Å². The van der Waals surface area contributed by atoms with E-state index >= 15 is 0 Å². The van der Waals surface area contributed by atoms with Crippen LogP contribution in [0.1, 0.15) is 60.2 Å². The summed E-state index contributed by atoms with van der Waals surface area (Å²) >= 11 is 0. The molecule has 1 aromatic heterocycles. The maximum absolute atomic E-state index is 5.14. The maximum Gasteiger partial charge on any atom is 0.232 e. The number of nitrogens with one attached hydrogen (secondary N) is 1. The van der Waals surface area contributed by atoms with Crippen molar-refractivity contribution >= 4 is 0 Å². The predicted octanol–water partition coefficient (Wildman–Crippen LogP) is 3.18. The highest BCUT2D eigenvalue weighted by molar-refractivity contribution is 4.98. The van der Waals surface area contributed by atoms with Gasteiger partial charge in [0.1, 0.15) is 0 Å². The Kier molecular flexibility index (Phi) is 11.2. The second-order valence-corrected chi connectivity index (χ2v) is 4.12. The lowest BCUT2D eigenvalue weighted by Crippen LogP contribution is -2.13. The Balaban J connectivity index is 0. The Labute approximate surface area is 106 Å². The Morgan fingerprint density at radius 2 is 1.65 bits per heavy atom. The number of nitrogens with zero attached hydrogens (tertiary/aromatic N) is 2. The molecule has 0 aliphatic rings. The predicted molar refractivity (Wildman–Crippen MR) is 73.3 cm³/mol. The Morgan fingerprint density at radius 1 is 1.12 bits per heavy atom. The van der Waals surface area contributed by atoms with Gasteiger partial charge in [0.15, 0.2) is 5.82 Å². The van der Waals surface area contributed by atoms with Crippen molar-refractivity contribution in [2.45, 2.75) is 60.3 Å². The summed E-state index contributed by atoms with van der Waals surface area (Å²) in [5, 5.41) is 6.94. The van der Waals surface area contributed by atoms with Crippen molar-refractivity contribution < 1.29 is 4.52 Å². The van der Waals surface area contributed by atoms with Gasteiger partial charge in [-0.2, -0.15) is 4.98 Å². The second-order valence-electron chi connectivity index (χ2n) is 4.12. The molecule has 1 N–H and O–H groups in total. The molecule has 102 valence electrons. The first kappa shape index (κ1) is 18.5. The molecule has 0 saturated carbocycles. The average molecular weight is 243 g/mol. The van der Waals surface area contributed by atoms with E-state index in [9.17, 15) is 0 Å². The van der Waals surface area contributed by atoms with E-state index in [2.05, 4.69) is 36.2 Å². The van der Waals surface area contributed by atoms with Gasteiger partial charge in [-0.1, -0.05) is 53.6 Å². The first-order valence-electron chi connectivity index (χ1n) is 6.51. The van der Waals surface area contributed by atoms with E-state index in [4.69, 9.17) is 4.52 Å². The van der Waals surface area contributed by atoms with Crippen LogP contribution in [0.2, 0.25) is 0 Å². The highest BCUT2D eigenvalue weighted by Gasteiger charge is 2.21. The molecule has 0 atom stereocenters. The smallest absolute Gasteiger partial charge is 0.232 e. The van der Waals surface area contributed by atoms with Gasteiger partial charge in [0.25, 0.3) is 0 Å². The molecular weight excluding hydrogens is 214 g/mol. The Bertz CT molecular complexity index is 264. The molecule has 0 bridgehead atoms. The fraction of sp³-hybridized carbons (Fsp3) is 0.846. The highest BCUT2D eigenvalue weighted by atomic mass is 16.5. The van der Waals surface area contributed by atoms with Crippen LogP contribution >= 0.6 is 0 Å². The monoisotopic (exact) mass is 243 g/mol. The standard InChI is InChI=1S/C9H17N3O.2C2H6/c1-9(2,3)8-11-7(12-13-8)5-6-10-4;2*1-2/h10H,5-6H2,1-4H3;2*1-2H3. The van der Waals surface area contributed by atoms with Crippen molar-refractivity contribution in [2.75, 3.05) is 13.6 Å². The number of hydrogen-bond acceptors (Lipinski definition) is 4. The van der Waals surface area contributed by atoms with Gasteiger partial charge in [-0.3, -0.25) is 0 Å². The zero-order valence-electron chi connectivity index (χ0n) is 12.7. The lowest BCUT2D eigenvalue weighted by molar-refractivity contribution is 0.318. The van der Waals surface area contributed by atoms with Gasteiger partial charge in [-0.05, 0) is 7.05 Å². The number of rotatable bonds is 3. The third-order valence-electron chi connectivity index (χ3n) is 1.71. The zero-order valence-corrected chi connectivity index (χ0v) is 12.7. The quantitative estimate of drug-likeness (QED) is 0.886. The molecule has 4 nitrogen and oxygen atoms in total. The van der Waals surface area contributed by atoms with Crippen LogP contribution in [-0.4, -0.2) is 23.7 Å². The molecule has 17 heavy (non-hydrogen) atoms. The summed E-state index contributed by atoms with van der Waals surface area (Å²) in [6, 6.07) is 0. The van der Waals surface area contributed by atoms with E-state index in [1.807, 2.05) is 34.7 Å². The van der Waals surface area contributed by atoms with Gasteiger partial charge < -0.3 is 9.84 Å². The van der Waals surface area contributed by atoms with Crippen LogP contribution in [0.3, 0.4) is 0 Å². The first-order valence-corrected chi connectivity index (χ1v) is 6.51. The molecule has 4 heteroatoms. The Hall–Kier alpha value is -0.900. The molecule has 0 spiro atoms. The highest BCUT2D eigenvalue weighted by Crippen LogP contribution is 2.19. The van der Waals surface area contributed by atoms with E-state index in [0.29, 0.717) is 5.89 Å². The van der Waals surface area contributed by atoms with Crippen LogP contribution in [-0.2, 0) is 11.8 Å². The molecule has 1 rings (SSSR count). The minimum Gasteiger partial charge on any atom is -0.339 e. The summed E-state index contributed by atoms with van der Waals surface area (Å²) in [6.07, 6.45) is 0.816. The van der Waals surface area contributed by atoms with Gasteiger partial charge >= 0.3 is 0 Å². The molecule has 0 aliphatic heterocycles. The zero-order chi connectivity index (χ0) is 13.9. The minimum absolute atomic E-state index is 0.0507. The third kappa shape index (κ3) is 7.91. The maximum atomic E-state index is 5.14. The van der Waals surface area contributed by atoms with E-state index in [1.54, 1.807) is 0 Å². The fourth-order valence-corrected chi connectivity index (χ4v) is 0.897. The molecule has 0 aromatic carbocycles. The molecular formula is C13H29N3O. The fourth-order valence-electron chi connectivity index (χ4n) is 0.897.